The molecule has 0 aromatic heterocycles. The highest BCUT2D eigenvalue weighted by Gasteiger charge is 2.21. The van der Waals surface area contributed by atoms with Crippen LogP contribution in [0.25, 0.3) is 0 Å². The molecule has 1 aromatic rings. The van der Waals surface area contributed by atoms with Gasteiger partial charge in [-0.05, 0) is 18.4 Å². The maximum Gasteiger partial charge on any atom is 0.0838 e. The third-order valence-corrected chi connectivity index (χ3v) is 3.47. The Hall–Kier alpha value is -0.860. The highest BCUT2D eigenvalue weighted by atomic mass is 16.5. The Kier molecular flexibility index (Phi) is 5.02. The molecule has 0 saturated heterocycles. The topological polar surface area (TPSA) is 29.5 Å². The standard InChI is InChI=1S/C15H22O2/c16-14-10-6-1-2-7-11-15(14)17-12-13-8-4-3-5-9-13/h3-5,8-9,14-16H,1-2,6-7,10-12H2/t14-,15+/m1/s1. The van der Waals surface area contributed by atoms with E-state index in [4.69, 9.17) is 4.74 Å². The molecule has 2 heteroatoms. The number of aliphatic hydroxyl groups is 1. The first-order chi connectivity index (χ1) is 8.36. The van der Waals surface area contributed by atoms with E-state index >= 15 is 0 Å². The monoisotopic (exact) mass is 234 g/mol. The van der Waals surface area contributed by atoms with Gasteiger partial charge in [0, 0.05) is 0 Å². The highest BCUT2D eigenvalue weighted by Crippen LogP contribution is 2.21. The molecule has 0 heterocycles. The number of rotatable bonds is 3. The number of hydrogen-bond acceptors (Lipinski definition) is 2. The minimum absolute atomic E-state index is 0.0236. The summed E-state index contributed by atoms with van der Waals surface area (Å²) in [6.07, 6.45) is 6.46. The minimum atomic E-state index is -0.279. The maximum atomic E-state index is 10.0. The van der Waals surface area contributed by atoms with Gasteiger partial charge < -0.3 is 9.84 Å². The molecule has 94 valence electrons. The molecule has 1 fully saturated rings. The predicted molar refractivity (Wildman–Crippen MR) is 68.7 cm³/mol. The van der Waals surface area contributed by atoms with E-state index in [1.54, 1.807) is 0 Å². The van der Waals surface area contributed by atoms with Crippen LogP contribution in [0.1, 0.15) is 44.1 Å². The smallest absolute Gasteiger partial charge is 0.0838 e. The summed E-state index contributed by atoms with van der Waals surface area (Å²) < 4.78 is 5.87. The molecule has 0 aliphatic heterocycles. The molecule has 2 nitrogen and oxygen atoms in total. The van der Waals surface area contributed by atoms with E-state index in [0.717, 1.165) is 19.3 Å². The molecule has 2 atom stereocenters. The van der Waals surface area contributed by atoms with Crippen LogP contribution in [0.15, 0.2) is 30.3 Å². The maximum absolute atomic E-state index is 10.0. The Morgan fingerprint density at radius 1 is 1.00 bits per heavy atom. The van der Waals surface area contributed by atoms with Gasteiger partial charge >= 0.3 is 0 Å². The Morgan fingerprint density at radius 2 is 1.71 bits per heavy atom. The Morgan fingerprint density at radius 3 is 2.47 bits per heavy atom. The number of ether oxygens (including phenoxy) is 1. The Labute approximate surface area is 104 Å². The second-order valence-electron chi connectivity index (χ2n) is 4.89. The van der Waals surface area contributed by atoms with Gasteiger partial charge in [-0.1, -0.05) is 56.0 Å². The van der Waals surface area contributed by atoms with Crippen LogP contribution >= 0.6 is 0 Å². The van der Waals surface area contributed by atoms with Crippen LogP contribution in [0, 0.1) is 0 Å². The molecule has 0 spiro atoms. The lowest BCUT2D eigenvalue weighted by atomic mass is 9.96. The molecule has 1 saturated carbocycles. The van der Waals surface area contributed by atoms with Crippen molar-refractivity contribution in [1.82, 2.24) is 0 Å². The zero-order valence-corrected chi connectivity index (χ0v) is 10.3. The van der Waals surface area contributed by atoms with Crippen LogP contribution in [-0.4, -0.2) is 17.3 Å². The molecule has 0 unspecified atom stereocenters. The van der Waals surface area contributed by atoms with E-state index in [1.165, 1.54) is 24.8 Å². The van der Waals surface area contributed by atoms with Gasteiger partial charge in [0.1, 0.15) is 0 Å². The van der Waals surface area contributed by atoms with Gasteiger partial charge in [-0.2, -0.15) is 0 Å². The quantitative estimate of drug-likeness (QED) is 0.869. The molecular formula is C15H22O2. The fourth-order valence-corrected chi connectivity index (χ4v) is 2.40. The molecule has 1 aromatic carbocycles. The van der Waals surface area contributed by atoms with E-state index in [9.17, 15) is 5.11 Å². The van der Waals surface area contributed by atoms with Crippen LogP contribution in [-0.2, 0) is 11.3 Å². The Balaban J connectivity index is 1.83. The van der Waals surface area contributed by atoms with Crippen LogP contribution in [0.5, 0.6) is 0 Å². The van der Waals surface area contributed by atoms with E-state index < -0.39 is 0 Å². The minimum Gasteiger partial charge on any atom is -0.390 e. The van der Waals surface area contributed by atoms with Crippen molar-refractivity contribution in [2.45, 2.75) is 57.3 Å². The summed E-state index contributed by atoms with van der Waals surface area (Å²) in [5, 5.41) is 10.0. The lowest BCUT2D eigenvalue weighted by Gasteiger charge is -2.25. The second kappa shape index (κ2) is 6.77. The fraction of sp³-hybridized carbons (Fsp3) is 0.600. The molecular weight excluding hydrogens is 212 g/mol. The molecule has 0 amide bonds. The first-order valence-electron chi connectivity index (χ1n) is 6.70. The summed E-state index contributed by atoms with van der Waals surface area (Å²) in [4.78, 5) is 0. The zero-order valence-electron chi connectivity index (χ0n) is 10.3. The van der Waals surface area contributed by atoms with Gasteiger partial charge in [-0.15, -0.1) is 0 Å². The van der Waals surface area contributed by atoms with E-state index in [2.05, 4.69) is 12.1 Å². The van der Waals surface area contributed by atoms with Crippen LogP contribution < -0.4 is 0 Å². The van der Waals surface area contributed by atoms with Gasteiger partial charge in [-0.3, -0.25) is 0 Å². The lowest BCUT2D eigenvalue weighted by molar-refractivity contribution is -0.0571. The molecule has 1 N–H and O–H groups in total. The summed E-state index contributed by atoms with van der Waals surface area (Å²) in [6, 6.07) is 10.2. The van der Waals surface area contributed by atoms with Crippen molar-refractivity contribution in [2.24, 2.45) is 0 Å². The first kappa shape index (κ1) is 12.6. The molecule has 1 aliphatic rings. The van der Waals surface area contributed by atoms with Crippen LogP contribution in [0.4, 0.5) is 0 Å². The molecule has 0 bridgehead atoms. The van der Waals surface area contributed by atoms with Crippen molar-refractivity contribution in [3.63, 3.8) is 0 Å². The second-order valence-corrected chi connectivity index (χ2v) is 4.89. The van der Waals surface area contributed by atoms with Gasteiger partial charge in [-0.25, -0.2) is 0 Å². The van der Waals surface area contributed by atoms with Crippen molar-refractivity contribution < 1.29 is 9.84 Å². The summed E-state index contributed by atoms with van der Waals surface area (Å²) in [5.41, 5.74) is 1.18. The zero-order chi connectivity index (χ0) is 11.9. The third-order valence-electron chi connectivity index (χ3n) is 3.47. The van der Waals surface area contributed by atoms with Crippen LogP contribution in [0.3, 0.4) is 0 Å². The lowest BCUT2D eigenvalue weighted by Crippen LogP contribution is -2.30. The van der Waals surface area contributed by atoms with Gasteiger partial charge in [0.15, 0.2) is 0 Å². The molecule has 17 heavy (non-hydrogen) atoms. The molecule has 2 rings (SSSR count). The summed E-state index contributed by atoms with van der Waals surface area (Å²) in [5.74, 6) is 0. The van der Waals surface area contributed by atoms with Gasteiger partial charge in [0.05, 0.1) is 18.8 Å². The normalized spacial score (nSPS) is 26.2. The molecule has 1 aliphatic carbocycles. The van der Waals surface area contributed by atoms with E-state index in [1.807, 2.05) is 18.2 Å². The summed E-state index contributed by atoms with van der Waals surface area (Å²) in [7, 11) is 0. The largest absolute Gasteiger partial charge is 0.390 e. The average Bonchev–Trinajstić information content (AvgIpc) is 2.35. The van der Waals surface area contributed by atoms with Crippen molar-refractivity contribution in [2.75, 3.05) is 0 Å². The predicted octanol–water partition coefficient (Wildman–Crippen LogP) is 3.29. The van der Waals surface area contributed by atoms with Gasteiger partial charge in [0.2, 0.25) is 0 Å². The summed E-state index contributed by atoms with van der Waals surface area (Å²) in [6.45, 7) is 0.614. The first-order valence-corrected chi connectivity index (χ1v) is 6.70. The number of benzene rings is 1. The fourth-order valence-electron chi connectivity index (χ4n) is 2.40. The van der Waals surface area contributed by atoms with Crippen molar-refractivity contribution >= 4 is 0 Å². The highest BCUT2D eigenvalue weighted by molar-refractivity contribution is 5.13. The molecule has 0 radical (unpaired) electrons. The van der Waals surface area contributed by atoms with Crippen LogP contribution in [0.2, 0.25) is 0 Å². The summed E-state index contributed by atoms with van der Waals surface area (Å²) >= 11 is 0. The van der Waals surface area contributed by atoms with Crippen molar-refractivity contribution in [3.8, 4) is 0 Å². The third kappa shape index (κ3) is 4.14. The van der Waals surface area contributed by atoms with E-state index in [0.29, 0.717) is 6.61 Å². The van der Waals surface area contributed by atoms with Crippen molar-refractivity contribution in [1.29, 1.82) is 0 Å². The SMILES string of the molecule is O[C@@H]1CCCCCC[C@@H]1OCc1ccccc1. The van der Waals surface area contributed by atoms with Gasteiger partial charge in [0.25, 0.3) is 0 Å². The average molecular weight is 234 g/mol. The number of hydrogen-bond donors (Lipinski definition) is 1. The Bertz CT molecular complexity index is 310. The van der Waals surface area contributed by atoms with E-state index in [-0.39, 0.29) is 12.2 Å². The number of aliphatic hydroxyl groups excluding tert-OH is 1. The van der Waals surface area contributed by atoms with Crippen molar-refractivity contribution in [3.05, 3.63) is 35.9 Å².